The van der Waals surface area contributed by atoms with E-state index in [0.29, 0.717) is 11.4 Å². The molecule has 1 amide bonds. The Morgan fingerprint density at radius 3 is 2.54 bits per heavy atom. The summed E-state index contributed by atoms with van der Waals surface area (Å²) in [5.74, 6) is 0.367. The zero-order valence-electron chi connectivity index (χ0n) is 15.4. The lowest BCUT2D eigenvalue weighted by molar-refractivity contribution is 0.0954. The number of nitrogens with zero attached hydrogens (tertiary/aromatic N) is 2. The molecule has 2 aromatic carbocycles. The summed E-state index contributed by atoms with van der Waals surface area (Å²) in [7, 11) is 1.62. The van der Waals surface area contributed by atoms with Crippen LogP contribution < -0.4 is 10.1 Å². The molecule has 0 saturated heterocycles. The van der Waals surface area contributed by atoms with Crippen molar-refractivity contribution < 1.29 is 13.9 Å². The summed E-state index contributed by atoms with van der Waals surface area (Å²) in [6.45, 7) is 2.32. The number of nitrogens with one attached hydrogen (secondary N) is 1. The SMILES string of the molecule is COc1ccc(CNC(=O)c2sc3nc(-c4ccc(F)cc4)cn3c2C)cc1. The zero-order valence-corrected chi connectivity index (χ0v) is 16.2. The van der Waals surface area contributed by atoms with Crippen LogP contribution in [0.2, 0.25) is 0 Å². The minimum atomic E-state index is -0.281. The van der Waals surface area contributed by atoms with Gasteiger partial charge in [0.25, 0.3) is 5.91 Å². The van der Waals surface area contributed by atoms with Gasteiger partial charge in [-0.05, 0) is 48.9 Å². The molecule has 2 heterocycles. The third-order valence-electron chi connectivity index (χ3n) is 4.52. The lowest BCUT2D eigenvalue weighted by Gasteiger charge is -2.06. The quantitative estimate of drug-likeness (QED) is 0.543. The van der Waals surface area contributed by atoms with E-state index < -0.39 is 0 Å². The summed E-state index contributed by atoms with van der Waals surface area (Å²) in [6, 6.07) is 13.8. The highest BCUT2D eigenvalue weighted by molar-refractivity contribution is 7.19. The number of imidazole rings is 1. The van der Waals surface area contributed by atoms with E-state index in [0.717, 1.165) is 33.2 Å². The molecule has 7 heteroatoms. The van der Waals surface area contributed by atoms with Gasteiger partial charge < -0.3 is 10.1 Å². The number of benzene rings is 2. The van der Waals surface area contributed by atoms with Gasteiger partial charge in [0.15, 0.2) is 4.96 Å². The third-order valence-corrected chi connectivity index (χ3v) is 5.67. The number of carbonyl (C=O) groups is 1. The highest BCUT2D eigenvalue weighted by atomic mass is 32.1. The number of methoxy groups -OCH3 is 1. The van der Waals surface area contributed by atoms with Crippen LogP contribution in [0.5, 0.6) is 5.75 Å². The smallest absolute Gasteiger partial charge is 0.263 e. The van der Waals surface area contributed by atoms with E-state index in [4.69, 9.17) is 4.74 Å². The van der Waals surface area contributed by atoms with E-state index in [9.17, 15) is 9.18 Å². The van der Waals surface area contributed by atoms with Crippen molar-refractivity contribution in [2.24, 2.45) is 0 Å². The van der Waals surface area contributed by atoms with Crippen LogP contribution in [0.15, 0.2) is 54.7 Å². The van der Waals surface area contributed by atoms with E-state index in [2.05, 4.69) is 10.3 Å². The molecule has 5 nitrogen and oxygen atoms in total. The molecule has 2 aromatic heterocycles. The molecule has 4 rings (SSSR count). The Balaban J connectivity index is 1.51. The van der Waals surface area contributed by atoms with Gasteiger partial charge in [0.2, 0.25) is 0 Å². The number of carbonyl (C=O) groups excluding carboxylic acids is 1. The third kappa shape index (κ3) is 3.48. The highest BCUT2D eigenvalue weighted by Crippen LogP contribution is 2.27. The molecule has 0 fully saturated rings. The van der Waals surface area contributed by atoms with E-state index in [-0.39, 0.29) is 11.7 Å². The number of hydrogen-bond acceptors (Lipinski definition) is 4. The second kappa shape index (κ2) is 7.44. The van der Waals surface area contributed by atoms with Gasteiger partial charge >= 0.3 is 0 Å². The molecular formula is C21H18FN3O2S. The van der Waals surface area contributed by atoms with E-state index >= 15 is 0 Å². The second-order valence-corrected chi connectivity index (χ2v) is 7.31. The van der Waals surface area contributed by atoms with Crippen molar-refractivity contribution in [1.29, 1.82) is 0 Å². The molecule has 0 aliphatic carbocycles. The van der Waals surface area contributed by atoms with Crippen molar-refractivity contribution >= 4 is 22.2 Å². The summed E-state index contributed by atoms with van der Waals surface area (Å²) >= 11 is 1.34. The molecule has 28 heavy (non-hydrogen) atoms. The predicted molar refractivity (Wildman–Crippen MR) is 107 cm³/mol. The minimum absolute atomic E-state index is 0.132. The Morgan fingerprint density at radius 1 is 1.18 bits per heavy atom. The van der Waals surface area contributed by atoms with Crippen LogP contribution in [0.3, 0.4) is 0 Å². The average molecular weight is 395 g/mol. The Morgan fingerprint density at radius 2 is 1.89 bits per heavy atom. The lowest BCUT2D eigenvalue weighted by atomic mass is 10.2. The van der Waals surface area contributed by atoms with Crippen LogP contribution in [0.1, 0.15) is 20.9 Å². The topological polar surface area (TPSA) is 55.6 Å². The number of fused-ring (bicyclic) bond motifs is 1. The Kier molecular flexibility index (Phi) is 4.83. The molecule has 0 aliphatic heterocycles. The van der Waals surface area contributed by atoms with Crippen molar-refractivity contribution in [2.45, 2.75) is 13.5 Å². The fraction of sp³-hybridized carbons (Fsp3) is 0.143. The Labute approximate surface area is 165 Å². The summed E-state index contributed by atoms with van der Waals surface area (Å²) in [4.78, 5) is 18.5. The summed E-state index contributed by atoms with van der Waals surface area (Å²) in [5.41, 5.74) is 3.40. The van der Waals surface area contributed by atoms with Gasteiger partial charge in [-0.15, -0.1) is 0 Å². The number of hydrogen-bond donors (Lipinski definition) is 1. The van der Waals surface area contributed by atoms with Crippen LogP contribution in [0.4, 0.5) is 4.39 Å². The first-order valence-corrected chi connectivity index (χ1v) is 9.52. The van der Waals surface area contributed by atoms with E-state index in [1.165, 1.54) is 23.5 Å². The van der Waals surface area contributed by atoms with Crippen molar-refractivity contribution in [1.82, 2.24) is 14.7 Å². The molecule has 0 bridgehead atoms. The van der Waals surface area contributed by atoms with Crippen molar-refractivity contribution in [3.63, 3.8) is 0 Å². The maximum Gasteiger partial charge on any atom is 0.263 e. The predicted octanol–water partition coefficient (Wildman–Crippen LogP) is 4.45. The summed E-state index contributed by atoms with van der Waals surface area (Å²) in [5, 5.41) is 2.94. The molecule has 1 N–H and O–H groups in total. The fourth-order valence-corrected chi connectivity index (χ4v) is 3.95. The van der Waals surface area contributed by atoms with Gasteiger partial charge in [-0.3, -0.25) is 9.20 Å². The number of aromatic nitrogens is 2. The molecule has 0 spiro atoms. The first-order valence-electron chi connectivity index (χ1n) is 8.70. The summed E-state index contributed by atoms with van der Waals surface area (Å²) < 4.78 is 20.1. The first kappa shape index (κ1) is 18.2. The molecule has 0 aliphatic rings. The van der Waals surface area contributed by atoms with E-state index in [1.807, 2.05) is 41.8 Å². The molecule has 0 saturated carbocycles. The second-order valence-electron chi connectivity index (χ2n) is 6.33. The largest absolute Gasteiger partial charge is 0.497 e. The molecular weight excluding hydrogens is 377 g/mol. The molecule has 0 unspecified atom stereocenters. The number of rotatable bonds is 5. The summed E-state index contributed by atoms with van der Waals surface area (Å²) in [6.07, 6.45) is 1.87. The molecule has 0 atom stereocenters. The number of aryl methyl sites for hydroxylation is 1. The normalized spacial score (nSPS) is 11.0. The van der Waals surface area contributed by atoms with Gasteiger partial charge in [0.1, 0.15) is 16.4 Å². The standard InChI is InChI=1S/C21H18FN3O2S/c1-13-19(20(26)23-11-14-3-9-17(27-2)10-4-14)28-21-24-18(12-25(13)21)15-5-7-16(22)8-6-15/h3-10,12H,11H2,1-2H3,(H,23,26). The average Bonchev–Trinajstić information content (AvgIpc) is 3.27. The highest BCUT2D eigenvalue weighted by Gasteiger charge is 2.18. The van der Waals surface area contributed by atoms with E-state index in [1.54, 1.807) is 19.2 Å². The van der Waals surface area contributed by atoms with Crippen LogP contribution in [-0.4, -0.2) is 22.4 Å². The van der Waals surface area contributed by atoms with Gasteiger partial charge in [-0.1, -0.05) is 23.5 Å². The lowest BCUT2D eigenvalue weighted by Crippen LogP contribution is -2.22. The van der Waals surface area contributed by atoms with Gasteiger partial charge in [0.05, 0.1) is 12.8 Å². The molecule has 4 aromatic rings. The maximum atomic E-state index is 13.1. The molecule has 142 valence electrons. The number of halogens is 1. The number of thiazole rings is 1. The monoisotopic (exact) mass is 395 g/mol. The van der Waals surface area contributed by atoms with Crippen LogP contribution in [-0.2, 0) is 6.54 Å². The molecule has 0 radical (unpaired) electrons. The van der Waals surface area contributed by atoms with Crippen molar-refractivity contribution in [3.05, 3.63) is 76.7 Å². The first-order chi connectivity index (χ1) is 13.5. The van der Waals surface area contributed by atoms with Crippen LogP contribution in [0, 0.1) is 12.7 Å². The van der Waals surface area contributed by atoms with Gasteiger partial charge in [-0.25, -0.2) is 9.37 Å². The minimum Gasteiger partial charge on any atom is -0.497 e. The van der Waals surface area contributed by atoms with Crippen molar-refractivity contribution in [2.75, 3.05) is 7.11 Å². The number of amides is 1. The Bertz CT molecular complexity index is 1130. The zero-order chi connectivity index (χ0) is 19.7. The van der Waals surface area contributed by atoms with Gasteiger partial charge in [0, 0.05) is 24.0 Å². The fourth-order valence-electron chi connectivity index (χ4n) is 2.93. The van der Waals surface area contributed by atoms with Gasteiger partial charge in [-0.2, -0.15) is 0 Å². The Hall–Kier alpha value is -3.19. The van der Waals surface area contributed by atoms with Crippen LogP contribution >= 0.6 is 11.3 Å². The van der Waals surface area contributed by atoms with Crippen LogP contribution in [0.25, 0.3) is 16.2 Å². The van der Waals surface area contributed by atoms with Crippen molar-refractivity contribution in [3.8, 4) is 17.0 Å². The maximum absolute atomic E-state index is 13.1. The number of ether oxygens (including phenoxy) is 1.